The molecule has 1 aromatic heterocycles. The molecule has 1 heterocycles. The number of pyridine rings is 1. The first-order chi connectivity index (χ1) is 7.65. The third-order valence-corrected chi connectivity index (χ3v) is 2.07. The molecule has 0 radical (unpaired) electrons. The van der Waals surface area contributed by atoms with Crippen LogP contribution in [0.4, 0.5) is 0 Å². The highest BCUT2D eigenvalue weighted by molar-refractivity contribution is 5.93. The molecule has 86 valence electrons. The number of hydrogen-bond donors (Lipinski definition) is 1. The van der Waals surface area contributed by atoms with Crippen LogP contribution in [-0.4, -0.2) is 30.5 Å². The molecule has 0 bridgehead atoms. The number of methoxy groups -OCH3 is 1. The van der Waals surface area contributed by atoms with E-state index in [0.717, 1.165) is 5.56 Å². The molecule has 0 aliphatic carbocycles. The summed E-state index contributed by atoms with van der Waals surface area (Å²) in [6, 6.07) is 3.57. The van der Waals surface area contributed by atoms with Gasteiger partial charge in [0.25, 0.3) is 5.91 Å². The van der Waals surface area contributed by atoms with E-state index in [4.69, 9.17) is 0 Å². The zero-order chi connectivity index (χ0) is 12.0. The summed E-state index contributed by atoms with van der Waals surface area (Å²) in [6.45, 7) is 2.06. The number of carbonyl (C=O) groups excluding carboxylic acids is 2. The van der Waals surface area contributed by atoms with Gasteiger partial charge in [-0.2, -0.15) is 0 Å². The van der Waals surface area contributed by atoms with Crippen LogP contribution in [0.5, 0.6) is 0 Å². The molecule has 1 rings (SSSR count). The molecule has 0 fully saturated rings. The fourth-order valence-corrected chi connectivity index (χ4v) is 1.19. The molecule has 5 nitrogen and oxygen atoms in total. The summed E-state index contributed by atoms with van der Waals surface area (Å²) in [5.74, 6) is -0.625. The lowest BCUT2D eigenvalue weighted by Crippen LogP contribution is -2.27. The van der Waals surface area contributed by atoms with Gasteiger partial charge in [0.1, 0.15) is 5.69 Å². The lowest BCUT2D eigenvalue weighted by Gasteiger charge is -2.05. The van der Waals surface area contributed by atoms with Crippen LogP contribution >= 0.6 is 0 Å². The highest BCUT2D eigenvalue weighted by atomic mass is 16.5. The van der Waals surface area contributed by atoms with Crippen LogP contribution in [-0.2, 0) is 9.53 Å². The van der Waals surface area contributed by atoms with Gasteiger partial charge in [0.15, 0.2) is 0 Å². The maximum atomic E-state index is 11.6. The van der Waals surface area contributed by atoms with Gasteiger partial charge in [-0.15, -0.1) is 0 Å². The molecule has 0 atom stereocenters. The molecule has 0 aliphatic rings. The summed E-state index contributed by atoms with van der Waals surface area (Å²) in [6.07, 6.45) is 1.72. The number of hydrogen-bond acceptors (Lipinski definition) is 4. The Hall–Kier alpha value is -1.91. The molecular formula is C11H14N2O3. The fourth-order valence-electron chi connectivity index (χ4n) is 1.19. The van der Waals surface area contributed by atoms with Crippen LogP contribution in [0.15, 0.2) is 18.3 Å². The molecule has 16 heavy (non-hydrogen) atoms. The van der Waals surface area contributed by atoms with Gasteiger partial charge in [-0.3, -0.25) is 14.6 Å². The van der Waals surface area contributed by atoms with E-state index < -0.39 is 0 Å². The van der Waals surface area contributed by atoms with E-state index in [2.05, 4.69) is 15.0 Å². The number of aryl methyl sites for hydroxylation is 1. The van der Waals surface area contributed by atoms with Crippen LogP contribution in [0.2, 0.25) is 0 Å². The Morgan fingerprint density at radius 2 is 2.25 bits per heavy atom. The van der Waals surface area contributed by atoms with Gasteiger partial charge >= 0.3 is 5.97 Å². The van der Waals surface area contributed by atoms with Crippen molar-refractivity contribution < 1.29 is 14.3 Å². The molecule has 0 spiro atoms. The Bertz CT molecular complexity index is 391. The normalized spacial score (nSPS) is 9.62. The van der Waals surface area contributed by atoms with E-state index in [1.165, 1.54) is 7.11 Å². The van der Waals surface area contributed by atoms with E-state index in [0.29, 0.717) is 5.69 Å². The molecule has 5 heteroatoms. The predicted octanol–water partition coefficient (Wildman–Crippen LogP) is 0.683. The van der Waals surface area contributed by atoms with E-state index in [9.17, 15) is 9.59 Å². The van der Waals surface area contributed by atoms with Crippen molar-refractivity contribution in [1.82, 2.24) is 10.3 Å². The minimum absolute atomic E-state index is 0.161. The van der Waals surface area contributed by atoms with Crippen molar-refractivity contribution in [3.05, 3.63) is 29.6 Å². The van der Waals surface area contributed by atoms with Crippen molar-refractivity contribution in [2.75, 3.05) is 13.7 Å². The lowest BCUT2D eigenvalue weighted by molar-refractivity contribution is -0.140. The SMILES string of the molecule is COC(=O)CCNC(=O)c1ncccc1C. The fraction of sp³-hybridized carbons (Fsp3) is 0.364. The molecule has 1 N–H and O–H groups in total. The number of amides is 1. The largest absolute Gasteiger partial charge is 0.469 e. The average molecular weight is 222 g/mol. The van der Waals surface area contributed by atoms with Gasteiger partial charge in [-0.1, -0.05) is 6.07 Å². The van der Waals surface area contributed by atoms with E-state index in [-0.39, 0.29) is 24.8 Å². The van der Waals surface area contributed by atoms with Gasteiger partial charge in [0.2, 0.25) is 0 Å². The minimum atomic E-state index is -0.349. The van der Waals surface area contributed by atoms with Gasteiger partial charge in [0, 0.05) is 12.7 Å². The first-order valence-electron chi connectivity index (χ1n) is 4.91. The van der Waals surface area contributed by atoms with E-state index in [1.54, 1.807) is 12.3 Å². The molecule has 0 unspecified atom stereocenters. The van der Waals surface area contributed by atoms with E-state index in [1.807, 2.05) is 13.0 Å². The second kappa shape index (κ2) is 5.85. The summed E-state index contributed by atoms with van der Waals surface area (Å²) in [5, 5.41) is 2.60. The van der Waals surface area contributed by atoms with Crippen molar-refractivity contribution in [2.45, 2.75) is 13.3 Å². The van der Waals surface area contributed by atoms with Crippen LogP contribution in [0, 0.1) is 6.92 Å². The van der Waals surface area contributed by atoms with Crippen LogP contribution in [0.1, 0.15) is 22.5 Å². The first kappa shape index (κ1) is 12.2. The van der Waals surface area contributed by atoms with Crippen LogP contribution in [0.3, 0.4) is 0 Å². The highest BCUT2D eigenvalue weighted by Crippen LogP contribution is 2.02. The third kappa shape index (κ3) is 3.34. The van der Waals surface area contributed by atoms with Crippen molar-refractivity contribution >= 4 is 11.9 Å². The molecule has 0 saturated carbocycles. The Morgan fingerprint density at radius 3 is 2.88 bits per heavy atom. The molecule has 0 aliphatic heterocycles. The second-order valence-electron chi connectivity index (χ2n) is 3.25. The maximum Gasteiger partial charge on any atom is 0.307 e. The predicted molar refractivity (Wildman–Crippen MR) is 57.9 cm³/mol. The number of ether oxygens (including phenoxy) is 1. The Morgan fingerprint density at radius 1 is 1.50 bits per heavy atom. The van der Waals surface area contributed by atoms with Crippen molar-refractivity contribution in [3.63, 3.8) is 0 Å². The molecule has 1 aromatic rings. The van der Waals surface area contributed by atoms with Crippen molar-refractivity contribution in [1.29, 1.82) is 0 Å². The average Bonchev–Trinajstić information content (AvgIpc) is 2.29. The van der Waals surface area contributed by atoms with Crippen LogP contribution in [0.25, 0.3) is 0 Å². The number of aromatic nitrogens is 1. The van der Waals surface area contributed by atoms with Gasteiger partial charge in [-0.25, -0.2) is 0 Å². The maximum absolute atomic E-state index is 11.6. The number of carbonyl (C=O) groups is 2. The molecular weight excluding hydrogens is 208 g/mol. The summed E-state index contributed by atoms with van der Waals surface area (Å²) in [4.78, 5) is 26.4. The summed E-state index contributed by atoms with van der Waals surface area (Å²) in [7, 11) is 1.31. The quantitative estimate of drug-likeness (QED) is 0.761. The first-order valence-corrected chi connectivity index (χ1v) is 4.91. The summed E-state index contributed by atoms with van der Waals surface area (Å²) < 4.78 is 4.46. The molecule has 0 saturated heterocycles. The van der Waals surface area contributed by atoms with Crippen molar-refractivity contribution in [2.24, 2.45) is 0 Å². The highest BCUT2D eigenvalue weighted by Gasteiger charge is 2.09. The Labute approximate surface area is 93.8 Å². The van der Waals surface area contributed by atoms with Crippen LogP contribution < -0.4 is 5.32 Å². The standard InChI is InChI=1S/C11H14N2O3/c1-8-4-3-6-12-10(8)11(15)13-7-5-9(14)16-2/h3-4,6H,5,7H2,1-2H3,(H,13,15). The number of nitrogens with one attached hydrogen (secondary N) is 1. The zero-order valence-electron chi connectivity index (χ0n) is 9.32. The van der Waals surface area contributed by atoms with Crippen molar-refractivity contribution in [3.8, 4) is 0 Å². The van der Waals surface area contributed by atoms with E-state index >= 15 is 0 Å². The summed E-state index contributed by atoms with van der Waals surface area (Å²) in [5.41, 5.74) is 1.19. The third-order valence-electron chi connectivity index (χ3n) is 2.07. The lowest BCUT2D eigenvalue weighted by atomic mass is 10.2. The number of rotatable bonds is 4. The monoisotopic (exact) mass is 222 g/mol. The van der Waals surface area contributed by atoms with Gasteiger partial charge in [-0.05, 0) is 18.6 Å². The Kier molecular flexibility index (Phi) is 4.44. The zero-order valence-corrected chi connectivity index (χ0v) is 9.32. The topological polar surface area (TPSA) is 68.3 Å². The number of nitrogens with zero attached hydrogens (tertiary/aromatic N) is 1. The smallest absolute Gasteiger partial charge is 0.307 e. The Balaban J connectivity index is 2.47. The molecule has 0 aromatic carbocycles. The summed E-state index contributed by atoms with van der Waals surface area (Å²) >= 11 is 0. The van der Waals surface area contributed by atoms with Gasteiger partial charge < -0.3 is 10.1 Å². The second-order valence-corrected chi connectivity index (χ2v) is 3.25. The van der Waals surface area contributed by atoms with Gasteiger partial charge in [0.05, 0.1) is 13.5 Å². The minimum Gasteiger partial charge on any atom is -0.469 e. The molecule has 1 amide bonds. The number of esters is 1.